The smallest absolute Gasteiger partial charge is 0.410 e. The Morgan fingerprint density at radius 3 is 1.81 bits per heavy atom. The summed E-state index contributed by atoms with van der Waals surface area (Å²) in [5.74, 6) is 2.75. The average Bonchev–Trinajstić information content (AvgIpc) is 3.77. The van der Waals surface area contributed by atoms with E-state index in [-0.39, 0.29) is 48.4 Å². The highest BCUT2D eigenvalue weighted by atomic mass is 16.6. The van der Waals surface area contributed by atoms with Crippen molar-refractivity contribution in [1.82, 2.24) is 39.5 Å². The first-order valence-electron chi connectivity index (χ1n) is 21.0. The molecule has 5 aromatic rings. The van der Waals surface area contributed by atoms with Gasteiger partial charge in [0.15, 0.2) is 5.82 Å². The van der Waals surface area contributed by atoms with Gasteiger partial charge in [-0.2, -0.15) is 0 Å². The topological polar surface area (TPSA) is 165 Å². The molecule has 9 rings (SSSR count). The predicted molar refractivity (Wildman–Crippen MR) is 227 cm³/mol. The maximum absolute atomic E-state index is 13.1. The van der Waals surface area contributed by atoms with Gasteiger partial charge in [-0.05, 0) is 124 Å². The van der Waals surface area contributed by atoms with Gasteiger partial charge in [0, 0.05) is 77.2 Å². The maximum atomic E-state index is 13.1. The number of anilines is 4. The van der Waals surface area contributed by atoms with E-state index in [2.05, 4.69) is 20.9 Å². The van der Waals surface area contributed by atoms with Gasteiger partial charge in [-0.1, -0.05) is 0 Å². The summed E-state index contributed by atoms with van der Waals surface area (Å²) in [7, 11) is 0. The van der Waals surface area contributed by atoms with E-state index < -0.39 is 11.2 Å². The fourth-order valence-electron chi connectivity index (χ4n) is 9.69. The van der Waals surface area contributed by atoms with E-state index in [0.717, 1.165) is 96.2 Å². The van der Waals surface area contributed by atoms with E-state index in [1.807, 2.05) is 106 Å². The van der Waals surface area contributed by atoms with Crippen LogP contribution in [0.1, 0.15) is 98.6 Å². The quantitative estimate of drug-likeness (QED) is 0.144. The van der Waals surface area contributed by atoms with E-state index in [1.165, 1.54) is 0 Å². The van der Waals surface area contributed by atoms with Gasteiger partial charge in [0.25, 0.3) is 0 Å². The lowest BCUT2D eigenvalue weighted by atomic mass is 9.97. The summed E-state index contributed by atoms with van der Waals surface area (Å²) in [6, 6.07) is 12.7. The molecule has 9 heterocycles. The number of carbonyl (C=O) groups excluding carboxylic acids is 2. The van der Waals surface area contributed by atoms with E-state index in [1.54, 1.807) is 12.4 Å². The van der Waals surface area contributed by atoms with Crippen LogP contribution in [0.25, 0.3) is 27.5 Å². The molecule has 2 amide bonds. The number of carbonyl (C=O) groups is 2. The Balaban J connectivity index is 0.921. The Hall–Kier alpha value is -5.73. The Morgan fingerprint density at radius 2 is 1.24 bits per heavy atom. The van der Waals surface area contributed by atoms with Crippen LogP contribution in [0, 0.1) is 6.92 Å². The molecule has 0 spiro atoms. The van der Waals surface area contributed by atoms with Crippen molar-refractivity contribution in [2.24, 2.45) is 0 Å². The van der Waals surface area contributed by atoms with Crippen LogP contribution < -0.4 is 16.0 Å². The maximum Gasteiger partial charge on any atom is 0.410 e. The molecule has 4 aliphatic rings. The lowest BCUT2D eigenvalue weighted by molar-refractivity contribution is 0.00568. The second-order valence-electron chi connectivity index (χ2n) is 18.7. The number of pyridine rings is 4. The second kappa shape index (κ2) is 14.8. The highest BCUT2D eigenvalue weighted by Crippen LogP contribution is 2.40. The highest BCUT2D eigenvalue weighted by Gasteiger charge is 2.46. The summed E-state index contributed by atoms with van der Waals surface area (Å²) >= 11 is 0. The Morgan fingerprint density at radius 1 is 0.695 bits per heavy atom. The zero-order valence-electron chi connectivity index (χ0n) is 35.0. The van der Waals surface area contributed by atoms with Gasteiger partial charge < -0.3 is 35.2 Å². The largest absolute Gasteiger partial charge is 0.444 e. The lowest BCUT2D eigenvalue weighted by Gasteiger charge is -2.39. The number of rotatable bonds is 7. The fraction of sp³-hybridized carbons (Fsp3) is 0.523. The van der Waals surface area contributed by atoms with Crippen LogP contribution in [-0.2, 0) is 9.47 Å². The summed E-state index contributed by atoms with van der Waals surface area (Å²) in [6.45, 7) is 13.5. The molecule has 0 unspecified atom stereocenters. The van der Waals surface area contributed by atoms with E-state index >= 15 is 0 Å². The molecule has 59 heavy (non-hydrogen) atoms. The Kier molecular flexibility index (Phi) is 9.74. The average molecular weight is 802 g/mol. The number of hydrogen-bond donors (Lipinski definition) is 3. The van der Waals surface area contributed by atoms with Gasteiger partial charge in [-0.25, -0.2) is 24.2 Å². The molecule has 15 heteroatoms. The molecule has 6 atom stereocenters. The number of aromatic nitrogens is 6. The van der Waals surface area contributed by atoms with E-state index in [4.69, 9.17) is 29.5 Å². The summed E-state index contributed by atoms with van der Waals surface area (Å²) in [5.41, 5.74) is 2.20. The van der Waals surface area contributed by atoms with Crippen LogP contribution in [0.3, 0.4) is 0 Å². The van der Waals surface area contributed by atoms with Crippen molar-refractivity contribution in [3.05, 3.63) is 60.7 Å². The van der Waals surface area contributed by atoms with Crippen LogP contribution in [0.2, 0.25) is 0 Å². The number of amides is 2. The molecule has 5 aromatic heterocycles. The number of aryl methyl sites for hydroxylation is 1. The molecule has 0 aliphatic carbocycles. The van der Waals surface area contributed by atoms with Crippen molar-refractivity contribution in [2.75, 3.05) is 16.0 Å². The molecular weight excluding hydrogens is 747 g/mol. The zero-order valence-corrected chi connectivity index (χ0v) is 35.0. The van der Waals surface area contributed by atoms with Crippen LogP contribution >= 0.6 is 0 Å². The molecule has 0 saturated carbocycles. The van der Waals surface area contributed by atoms with Crippen molar-refractivity contribution in [2.45, 2.75) is 147 Å². The van der Waals surface area contributed by atoms with Gasteiger partial charge in [0.05, 0.1) is 11.7 Å². The SMILES string of the molecule is Cc1cc(Nc2cc3ncccc3c(N[C@@H]3C[C@H]4CC[C@@H](C3)N4C(=O)OC(C)(C)C)n2)nn1-c1cnc(N[C@@H]2C[C@H]3CC[C@@H](C2)N3C(=O)OC(C)(C)C)c2cccnc12. The van der Waals surface area contributed by atoms with E-state index in [0.29, 0.717) is 11.6 Å². The fourth-order valence-corrected chi connectivity index (χ4v) is 9.69. The van der Waals surface area contributed by atoms with Crippen LogP contribution in [0.4, 0.5) is 32.9 Å². The molecule has 4 aliphatic heterocycles. The number of nitrogens with zero attached hydrogens (tertiary/aromatic N) is 8. The first-order chi connectivity index (χ1) is 28.2. The number of nitrogens with one attached hydrogen (secondary N) is 3. The summed E-state index contributed by atoms with van der Waals surface area (Å²) in [5, 5.41) is 17.7. The van der Waals surface area contributed by atoms with Crippen LogP contribution in [-0.4, -0.2) is 99.2 Å². The summed E-state index contributed by atoms with van der Waals surface area (Å²) in [6.07, 6.45) is 12.2. The van der Waals surface area contributed by atoms with Gasteiger partial charge in [-0.3, -0.25) is 9.97 Å². The predicted octanol–water partition coefficient (Wildman–Crippen LogP) is 8.50. The summed E-state index contributed by atoms with van der Waals surface area (Å²) in [4.78, 5) is 49.6. The Labute approximate surface area is 344 Å². The monoisotopic (exact) mass is 801 g/mol. The molecule has 0 radical (unpaired) electrons. The summed E-state index contributed by atoms with van der Waals surface area (Å²) < 4.78 is 13.4. The van der Waals surface area contributed by atoms with Crippen molar-refractivity contribution in [3.63, 3.8) is 0 Å². The molecule has 15 nitrogen and oxygen atoms in total. The minimum atomic E-state index is -0.529. The standard InChI is InChI=1S/C44H55N11O4/c1-25-18-37(50-36-23-34-32(10-8-16-45-34)40(51-36)49-27-21-30-14-15-31(22-27)54(30)42(57)59-44(5,6)7)52-55(25)35-24-47-39(33-11-9-17-46-38(33)35)48-26-19-28-12-13-29(20-26)53(28)41(56)58-43(2,3)4/h8-11,16-18,23-24,26-31H,12-15,19-22H2,1-7H3,(H,47,48)(H2,49,50,51,52)/t26-,27-,28-,29+,30-,31+. The first kappa shape index (κ1) is 38.8. The van der Waals surface area contributed by atoms with Crippen molar-refractivity contribution in [3.8, 4) is 5.69 Å². The number of hydrogen-bond acceptors (Lipinski definition) is 12. The van der Waals surface area contributed by atoms with E-state index in [9.17, 15) is 9.59 Å². The van der Waals surface area contributed by atoms with Crippen molar-refractivity contribution in [1.29, 1.82) is 0 Å². The molecule has 4 fully saturated rings. The third-order valence-electron chi connectivity index (χ3n) is 11.9. The van der Waals surface area contributed by atoms with Crippen LogP contribution in [0.15, 0.2) is 55.0 Å². The van der Waals surface area contributed by atoms with Crippen molar-refractivity contribution >= 4 is 57.3 Å². The highest BCUT2D eigenvalue weighted by molar-refractivity contribution is 5.94. The molecule has 3 N–H and O–H groups in total. The van der Waals surface area contributed by atoms with Gasteiger partial charge in [0.1, 0.15) is 39.9 Å². The molecule has 4 saturated heterocycles. The second-order valence-corrected chi connectivity index (χ2v) is 18.7. The van der Waals surface area contributed by atoms with Crippen molar-refractivity contribution < 1.29 is 19.1 Å². The minimum Gasteiger partial charge on any atom is -0.444 e. The molecule has 310 valence electrons. The third-order valence-corrected chi connectivity index (χ3v) is 11.9. The first-order valence-corrected chi connectivity index (χ1v) is 21.0. The third kappa shape index (κ3) is 7.90. The molecule has 4 bridgehead atoms. The lowest BCUT2D eigenvalue weighted by Crippen LogP contribution is -2.51. The normalized spacial score (nSPS) is 24.1. The zero-order chi connectivity index (χ0) is 41.2. The molecular formula is C44H55N11O4. The van der Waals surface area contributed by atoms with Gasteiger partial charge >= 0.3 is 12.2 Å². The van der Waals surface area contributed by atoms with Gasteiger partial charge in [0.2, 0.25) is 0 Å². The van der Waals surface area contributed by atoms with Crippen LogP contribution in [0.5, 0.6) is 0 Å². The number of ether oxygens (including phenoxy) is 2. The number of fused-ring (bicyclic) bond motifs is 6. The Bertz CT molecular complexity index is 2380. The van der Waals surface area contributed by atoms with Gasteiger partial charge in [-0.15, -0.1) is 5.10 Å². The molecule has 0 aromatic carbocycles. The number of piperidine rings is 2. The minimum absolute atomic E-state index is 0.128.